The van der Waals surface area contributed by atoms with Gasteiger partial charge >= 0.3 is 12.0 Å². The molecule has 1 aliphatic rings. The minimum atomic E-state index is -1.53. The number of carboxylic acid groups (broad SMARTS) is 1. The summed E-state index contributed by atoms with van der Waals surface area (Å²) in [6.07, 6.45) is 2.75. The van der Waals surface area contributed by atoms with Crippen molar-refractivity contribution in [3.05, 3.63) is 29.3 Å². The molecule has 1 saturated carbocycles. The number of nitrogens with one attached hydrogen (secondary N) is 2. The van der Waals surface area contributed by atoms with E-state index in [1.807, 2.05) is 0 Å². The molecule has 0 radical (unpaired) electrons. The lowest BCUT2D eigenvalue weighted by Crippen LogP contribution is -2.42. The van der Waals surface area contributed by atoms with Gasteiger partial charge in [0.05, 0.1) is 11.3 Å². The molecule has 7 heteroatoms. The zero-order valence-corrected chi connectivity index (χ0v) is 9.87. The van der Waals surface area contributed by atoms with Crippen molar-refractivity contribution in [1.82, 2.24) is 5.32 Å². The molecule has 1 aromatic rings. The maximum Gasteiger partial charge on any atom is 0.338 e. The van der Waals surface area contributed by atoms with Crippen LogP contribution in [0.3, 0.4) is 0 Å². The molecule has 3 N–H and O–H groups in total. The highest BCUT2D eigenvalue weighted by atomic mass is 19.1. The molecular weight excluding hydrogens is 258 g/mol. The Balaban J connectivity index is 2.12. The third kappa shape index (κ3) is 2.98. The molecule has 102 valence electrons. The standard InChI is InChI=1S/C12H12F2N2O3/c13-8-5-9(14)10(4-7(8)11(17)18)16-12(19)15-6-2-1-3-6/h4-6H,1-3H2,(H,17,18)(H2,15,16,19). The van der Waals surface area contributed by atoms with Gasteiger partial charge in [-0.05, 0) is 25.3 Å². The molecule has 19 heavy (non-hydrogen) atoms. The predicted octanol–water partition coefficient (Wildman–Crippen LogP) is 2.34. The third-order valence-electron chi connectivity index (χ3n) is 2.98. The van der Waals surface area contributed by atoms with Gasteiger partial charge in [0.1, 0.15) is 11.6 Å². The maximum absolute atomic E-state index is 13.4. The number of amides is 2. The van der Waals surface area contributed by atoms with Crippen LogP contribution in [0.5, 0.6) is 0 Å². The van der Waals surface area contributed by atoms with Crippen molar-refractivity contribution in [1.29, 1.82) is 0 Å². The zero-order valence-electron chi connectivity index (χ0n) is 9.87. The molecule has 2 rings (SSSR count). The minimum Gasteiger partial charge on any atom is -0.478 e. The Morgan fingerprint density at radius 1 is 1.21 bits per heavy atom. The average Bonchev–Trinajstić information content (AvgIpc) is 2.27. The van der Waals surface area contributed by atoms with Crippen LogP contribution in [0.25, 0.3) is 0 Å². The number of anilines is 1. The highest BCUT2D eigenvalue weighted by molar-refractivity contribution is 5.93. The summed E-state index contributed by atoms with van der Waals surface area (Å²) in [6, 6.07) is 0.615. The number of benzene rings is 1. The molecule has 1 aromatic carbocycles. The molecule has 0 spiro atoms. The van der Waals surface area contributed by atoms with Crippen LogP contribution in [0.2, 0.25) is 0 Å². The third-order valence-corrected chi connectivity index (χ3v) is 2.98. The number of urea groups is 1. The van der Waals surface area contributed by atoms with Crippen molar-refractivity contribution < 1.29 is 23.5 Å². The van der Waals surface area contributed by atoms with Crippen molar-refractivity contribution >= 4 is 17.7 Å². The second kappa shape index (κ2) is 5.21. The Kier molecular flexibility index (Phi) is 3.64. The normalized spacial score (nSPS) is 14.6. The second-order valence-electron chi connectivity index (χ2n) is 4.34. The Morgan fingerprint density at radius 3 is 2.42 bits per heavy atom. The lowest BCUT2D eigenvalue weighted by atomic mass is 9.93. The van der Waals surface area contributed by atoms with Crippen molar-refractivity contribution in [2.75, 3.05) is 5.32 Å². The first-order valence-electron chi connectivity index (χ1n) is 5.77. The van der Waals surface area contributed by atoms with Gasteiger partial charge in [-0.15, -0.1) is 0 Å². The van der Waals surface area contributed by atoms with Crippen LogP contribution in [0.1, 0.15) is 29.6 Å². The second-order valence-corrected chi connectivity index (χ2v) is 4.34. The van der Waals surface area contributed by atoms with E-state index in [1.54, 1.807) is 0 Å². The van der Waals surface area contributed by atoms with Gasteiger partial charge in [0.25, 0.3) is 0 Å². The molecule has 2 amide bonds. The fraction of sp³-hybridized carbons (Fsp3) is 0.333. The number of carboxylic acids is 1. The Hall–Kier alpha value is -2.18. The van der Waals surface area contributed by atoms with Gasteiger partial charge in [-0.3, -0.25) is 0 Å². The van der Waals surface area contributed by atoms with Crippen LogP contribution in [-0.2, 0) is 0 Å². The van der Waals surface area contributed by atoms with Gasteiger partial charge in [-0.25, -0.2) is 18.4 Å². The van der Waals surface area contributed by atoms with E-state index in [2.05, 4.69) is 10.6 Å². The molecule has 1 fully saturated rings. The Labute approximate surface area is 107 Å². The molecule has 0 atom stereocenters. The minimum absolute atomic E-state index is 0.0578. The summed E-state index contributed by atoms with van der Waals surface area (Å²) in [5, 5.41) is 13.5. The monoisotopic (exact) mass is 270 g/mol. The molecule has 0 unspecified atom stereocenters. The van der Waals surface area contributed by atoms with E-state index in [-0.39, 0.29) is 11.7 Å². The maximum atomic E-state index is 13.4. The summed E-state index contributed by atoms with van der Waals surface area (Å²) in [5.41, 5.74) is -1.06. The van der Waals surface area contributed by atoms with E-state index in [0.29, 0.717) is 6.07 Å². The molecule has 0 aromatic heterocycles. The number of carbonyl (C=O) groups is 2. The van der Waals surface area contributed by atoms with E-state index in [4.69, 9.17) is 5.11 Å². The van der Waals surface area contributed by atoms with E-state index in [9.17, 15) is 18.4 Å². The number of hydrogen-bond acceptors (Lipinski definition) is 2. The van der Waals surface area contributed by atoms with Crippen molar-refractivity contribution in [2.45, 2.75) is 25.3 Å². The zero-order chi connectivity index (χ0) is 14.0. The van der Waals surface area contributed by atoms with Gasteiger partial charge in [0, 0.05) is 12.1 Å². The highest BCUT2D eigenvalue weighted by Gasteiger charge is 2.21. The van der Waals surface area contributed by atoms with Gasteiger partial charge < -0.3 is 15.7 Å². The van der Waals surface area contributed by atoms with Crippen LogP contribution in [-0.4, -0.2) is 23.1 Å². The largest absolute Gasteiger partial charge is 0.478 e. The van der Waals surface area contributed by atoms with Crippen molar-refractivity contribution in [3.63, 3.8) is 0 Å². The van der Waals surface area contributed by atoms with E-state index >= 15 is 0 Å². The Bertz CT molecular complexity index is 530. The number of rotatable bonds is 3. The smallest absolute Gasteiger partial charge is 0.338 e. The first-order valence-corrected chi connectivity index (χ1v) is 5.77. The molecule has 0 saturated heterocycles. The van der Waals surface area contributed by atoms with Crippen molar-refractivity contribution in [3.8, 4) is 0 Å². The first kappa shape index (κ1) is 13.3. The number of hydrogen-bond donors (Lipinski definition) is 3. The van der Waals surface area contributed by atoms with Crippen LogP contribution in [0.4, 0.5) is 19.3 Å². The van der Waals surface area contributed by atoms with Gasteiger partial charge in [0.2, 0.25) is 0 Å². The van der Waals surface area contributed by atoms with Crippen molar-refractivity contribution in [2.24, 2.45) is 0 Å². The van der Waals surface area contributed by atoms with E-state index in [1.165, 1.54) is 0 Å². The van der Waals surface area contributed by atoms with E-state index in [0.717, 1.165) is 25.3 Å². The Morgan fingerprint density at radius 2 is 1.89 bits per heavy atom. The molecule has 0 heterocycles. The van der Waals surface area contributed by atoms with Gasteiger partial charge in [-0.1, -0.05) is 0 Å². The summed E-state index contributed by atoms with van der Waals surface area (Å²) in [4.78, 5) is 22.2. The van der Waals surface area contributed by atoms with Crippen LogP contribution >= 0.6 is 0 Å². The number of halogens is 2. The fourth-order valence-electron chi connectivity index (χ4n) is 1.71. The quantitative estimate of drug-likeness (QED) is 0.788. The summed E-state index contributed by atoms with van der Waals surface area (Å²) in [5.74, 6) is -3.74. The summed E-state index contributed by atoms with van der Waals surface area (Å²) in [7, 11) is 0. The molecular formula is C12H12F2N2O3. The van der Waals surface area contributed by atoms with E-state index < -0.39 is 29.2 Å². The molecule has 1 aliphatic carbocycles. The summed E-state index contributed by atoms with van der Waals surface area (Å²) < 4.78 is 26.6. The van der Waals surface area contributed by atoms with Gasteiger partial charge in [-0.2, -0.15) is 0 Å². The predicted molar refractivity (Wildman–Crippen MR) is 63.1 cm³/mol. The summed E-state index contributed by atoms with van der Waals surface area (Å²) >= 11 is 0. The lowest BCUT2D eigenvalue weighted by molar-refractivity contribution is 0.0692. The highest BCUT2D eigenvalue weighted by Crippen LogP contribution is 2.21. The topological polar surface area (TPSA) is 78.4 Å². The molecule has 0 aliphatic heterocycles. The lowest BCUT2D eigenvalue weighted by Gasteiger charge is -2.26. The average molecular weight is 270 g/mol. The number of carbonyl (C=O) groups excluding carboxylic acids is 1. The first-order chi connectivity index (χ1) is 8.97. The SMILES string of the molecule is O=C(Nc1cc(C(=O)O)c(F)cc1F)NC1CCC1. The number of aromatic carboxylic acids is 1. The van der Waals surface area contributed by atoms with Crippen LogP contribution < -0.4 is 10.6 Å². The van der Waals surface area contributed by atoms with Gasteiger partial charge in [0.15, 0.2) is 0 Å². The molecule has 0 bridgehead atoms. The fourth-order valence-corrected chi connectivity index (χ4v) is 1.71. The van der Waals surface area contributed by atoms with Crippen LogP contribution in [0, 0.1) is 11.6 Å². The van der Waals surface area contributed by atoms with Crippen LogP contribution in [0.15, 0.2) is 12.1 Å². The summed E-state index contributed by atoms with van der Waals surface area (Å²) in [6.45, 7) is 0. The molecule has 5 nitrogen and oxygen atoms in total.